The maximum atomic E-state index is 12.5. The van der Waals surface area contributed by atoms with Gasteiger partial charge in [0.05, 0.1) is 6.20 Å². The summed E-state index contributed by atoms with van der Waals surface area (Å²) in [5.74, 6) is 0. The van der Waals surface area contributed by atoms with Crippen LogP contribution in [0, 0.1) is 0 Å². The molecule has 0 aromatic carbocycles. The van der Waals surface area contributed by atoms with Gasteiger partial charge >= 0.3 is 0 Å². The number of hydrogen-bond acceptors (Lipinski definition) is 4. The van der Waals surface area contributed by atoms with E-state index in [4.69, 9.17) is 0 Å². The van der Waals surface area contributed by atoms with Crippen molar-refractivity contribution in [2.75, 3.05) is 19.6 Å². The molecule has 0 saturated carbocycles. The summed E-state index contributed by atoms with van der Waals surface area (Å²) >= 11 is 0. The number of aromatic nitrogens is 2. The second kappa shape index (κ2) is 7.22. The molecular formula is C12H20N4O2S. The summed E-state index contributed by atoms with van der Waals surface area (Å²) in [6.07, 6.45) is 4.61. The van der Waals surface area contributed by atoms with Crippen molar-refractivity contribution in [3.05, 3.63) is 37.1 Å². The fourth-order valence-corrected chi connectivity index (χ4v) is 3.08. The van der Waals surface area contributed by atoms with Gasteiger partial charge < -0.3 is 5.32 Å². The standard InChI is InChI=1S/C12H20N4O2S/c1-4-7-16(8-5-2)19(17,18)12-11(9-13-6-3)10-14-15-12/h4-5,10,13H,1-2,6-9H2,3H3,(H,14,15). The molecule has 0 saturated heterocycles. The van der Waals surface area contributed by atoms with Crippen LogP contribution in [0.15, 0.2) is 36.5 Å². The zero-order valence-electron chi connectivity index (χ0n) is 11.1. The highest BCUT2D eigenvalue weighted by atomic mass is 32.2. The first-order chi connectivity index (χ1) is 9.07. The molecule has 0 amide bonds. The minimum Gasteiger partial charge on any atom is -0.313 e. The van der Waals surface area contributed by atoms with Gasteiger partial charge in [-0.2, -0.15) is 9.40 Å². The minimum absolute atomic E-state index is 0.122. The molecule has 7 heteroatoms. The van der Waals surface area contributed by atoms with Crippen LogP contribution in [0.5, 0.6) is 0 Å². The Morgan fingerprint density at radius 1 is 1.42 bits per heavy atom. The van der Waals surface area contributed by atoms with Gasteiger partial charge in [-0.1, -0.05) is 19.1 Å². The number of sulfonamides is 1. The Labute approximate surface area is 114 Å². The quantitative estimate of drug-likeness (QED) is 0.660. The van der Waals surface area contributed by atoms with Crippen molar-refractivity contribution in [1.29, 1.82) is 0 Å². The molecular weight excluding hydrogens is 264 g/mol. The van der Waals surface area contributed by atoms with Crippen LogP contribution in [0.4, 0.5) is 0 Å². The fraction of sp³-hybridized carbons (Fsp3) is 0.417. The second-order valence-electron chi connectivity index (χ2n) is 3.90. The Morgan fingerprint density at radius 2 is 2.05 bits per heavy atom. The third-order valence-electron chi connectivity index (χ3n) is 2.51. The first kappa shape index (κ1) is 15.6. The zero-order valence-corrected chi connectivity index (χ0v) is 11.9. The van der Waals surface area contributed by atoms with Crippen LogP contribution in [0.3, 0.4) is 0 Å². The summed E-state index contributed by atoms with van der Waals surface area (Å²) in [6.45, 7) is 10.8. The van der Waals surface area contributed by atoms with Crippen LogP contribution >= 0.6 is 0 Å². The van der Waals surface area contributed by atoms with E-state index < -0.39 is 10.0 Å². The van der Waals surface area contributed by atoms with E-state index in [2.05, 4.69) is 28.7 Å². The van der Waals surface area contributed by atoms with Gasteiger partial charge in [-0.15, -0.1) is 13.2 Å². The van der Waals surface area contributed by atoms with Gasteiger partial charge in [-0.25, -0.2) is 8.42 Å². The summed E-state index contributed by atoms with van der Waals surface area (Å²) in [5, 5.41) is 9.59. The third-order valence-corrected chi connectivity index (χ3v) is 4.35. The minimum atomic E-state index is -3.61. The van der Waals surface area contributed by atoms with E-state index in [-0.39, 0.29) is 18.1 Å². The van der Waals surface area contributed by atoms with Gasteiger partial charge in [0, 0.05) is 25.2 Å². The first-order valence-corrected chi connectivity index (χ1v) is 7.46. The van der Waals surface area contributed by atoms with Gasteiger partial charge in [0.25, 0.3) is 10.0 Å². The monoisotopic (exact) mass is 284 g/mol. The Kier molecular flexibility index (Phi) is 5.94. The molecule has 1 aromatic heterocycles. The lowest BCUT2D eigenvalue weighted by molar-refractivity contribution is 0.469. The molecule has 0 aliphatic rings. The summed E-state index contributed by atoms with van der Waals surface area (Å²) in [6, 6.07) is 0. The summed E-state index contributed by atoms with van der Waals surface area (Å²) < 4.78 is 26.3. The highest BCUT2D eigenvalue weighted by molar-refractivity contribution is 7.89. The summed E-state index contributed by atoms with van der Waals surface area (Å²) in [4.78, 5) is 0. The molecule has 0 fully saturated rings. The third kappa shape index (κ3) is 3.76. The summed E-state index contributed by atoms with van der Waals surface area (Å²) in [7, 11) is -3.61. The number of aromatic amines is 1. The second-order valence-corrected chi connectivity index (χ2v) is 5.78. The molecule has 0 aliphatic carbocycles. The molecule has 6 nitrogen and oxygen atoms in total. The molecule has 1 rings (SSSR count). The van der Waals surface area contributed by atoms with Crippen LogP contribution < -0.4 is 5.32 Å². The smallest absolute Gasteiger partial charge is 0.260 e. The number of hydrogen-bond donors (Lipinski definition) is 2. The molecule has 0 atom stereocenters. The predicted molar refractivity (Wildman–Crippen MR) is 75.1 cm³/mol. The van der Waals surface area contributed by atoms with E-state index in [1.54, 1.807) is 12.2 Å². The molecule has 2 N–H and O–H groups in total. The SMILES string of the molecule is C=CCN(CC=C)S(=O)(=O)c1[nH]ncc1CNCC. The van der Waals surface area contributed by atoms with Crippen molar-refractivity contribution in [1.82, 2.24) is 19.8 Å². The van der Waals surface area contributed by atoms with Crippen LogP contribution in [-0.2, 0) is 16.6 Å². The molecule has 0 spiro atoms. The normalized spacial score (nSPS) is 11.7. The van der Waals surface area contributed by atoms with E-state index in [9.17, 15) is 8.42 Å². The molecule has 19 heavy (non-hydrogen) atoms. The molecule has 106 valence electrons. The van der Waals surface area contributed by atoms with Crippen LogP contribution in [-0.4, -0.2) is 42.6 Å². The van der Waals surface area contributed by atoms with Crippen LogP contribution in [0.2, 0.25) is 0 Å². The summed E-state index contributed by atoms with van der Waals surface area (Å²) in [5.41, 5.74) is 0.625. The Bertz CT molecular complexity index is 512. The van der Waals surface area contributed by atoms with E-state index in [1.165, 1.54) is 10.5 Å². The van der Waals surface area contributed by atoms with Crippen molar-refractivity contribution in [2.24, 2.45) is 0 Å². The largest absolute Gasteiger partial charge is 0.313 e. The fourth-order valence-electron chi connectivity index (χ4n) is 1.60. The van der Waals surface area contributed by atoms with Gasteiger partial charge in [0.2, 0.25) is 0 Å². The Morgan fingerprint density at radius 3 is 2.58 bits per heavy atom. The van der Waals surface area contributed by atoms with Crippen molar-refractivity contribution >= 4 is 10.0 Å². The van der Waals surface area contributed by atoms with E-state index in [0.29, 0.717) is 12.1 Å². The Hall–Kier alpha value is -1.44. The Balaban J connectivity index is 3.06. The van der Waals surface area contributed by atoms with Gasteiger partial charge in [0.15, 0.2) is 5.03 Å². The zero-order chi connectivity index (χ0) is 14.3. The number of H-pyrrole nitrogens is 1. The predicted octanol–water partition coefficient (Wildman–Crippen LogP) is 0.882. The highest BCUT2D eigenvalue weighted by Gasteiger charge is 2.26. The molecule has 1 heterocycles. The van der Waals surface area contributed by atoms with E-state index >= 15 is 0 Å². The maximum absolute atomic E-state index is 12.5. The molecule has 0 unspecified atom stereocenters. The van der Waals surface area contributed by atoms with E-state index in [1.807, 2.05) is 6.92 Å². The average molecular weight is 284 g/mol. The molecule has 0 bridgehead atoms. The van der Waals surface area contributed by atoms with Gasteiger partial charge in [-0.05, 0) is 6.54 Å². The highest BCUT2D eigenvalue weighted by Crippen LogP contribution is 2.17. The van der Waals surface area contributed by atoms with Crippen molar-refractivity contribution < 1.29 is 8.42 Å². The van der Waals surface area contributed by atoms with E-state index in [0.717, 1.165) is 6.54 Å². The van der Waals surface area contributed by atoms with Gasteiger partial charge in [0.1, 0.15) is 0 Å². The molecule has 1 aromatic rings. The van der Waals surface area contributed by atoms with Crippen LogP contribution in [0.25, 0.3) is 0 Å². The lowest BCUT2D eigenvalue weighted by Crippen LogP contribution is -2.32. The average Bonchev–Trinajstić information content (AvgIpc) is 2.85. The lowest BCUT2D eigenvalue weighted by atomic mass is 10.3. The number of nitrogens with zero attached hydrogens (tertiary/aromatic N) is 2. The molecule has 0 aliphatic heterocycles. The molecule has 0 radical (unpaired) electrons. The first-order valence-electron chi connectivity index (χ1n) is 6.02. The number of nitrogens with one attached hydrogen (secondary N) is 2. The topological polar surface area (TPSA) is 78.1 Å². The number of rotatable bonds is 9. The lowest BCUT2D eigenvalue weighted by Gasteiger charge is -2.18. The van der Waals surface area contributed by atoms with Gasteiger partial charge in [-0.3, -0.25) is 5.10 Å². The maximum Gasteiger partial charge on any atom is 0.260 e. The van der Waals surface area contributed by atoms with Crippen molar-refractivity contribution in [3.63, 3.8) is 0 Å². The van der Waals surface area contributed by atoms with Crippen molar-refractivity contribution in [2.45, 2.75) is 18.5 Å². The van der Waals surface area contributed by atoms with Crippen molar-refractivity contribution in [3.8, 4) is 0 Å². The van der Waals surface area contributed by atoms with Crippen LogP contribution in [0.1, 0.15) is 12.5 Å².